The molecule has 178 valence electrons. The Morgan fingerprint density at radius 1 is 1.06 bits per heavy atom. The van der Waals surface area contributed by atoms with Gasteiger partial charge < -0.3 is 19.5 Å². The summed E-state index contributed by atoms with van der Waals surface area (Å²) in [5.74, 6) is 2.67. The molecule has 0 bridgehead atoms. The molecule has 6 nitrogen and oxygen atoms in total. The van der Waals surface area contributed by atoms with Gasteiger partial charge >= 0.3 is 0 Å². The van der Waals surface area contributed by atoms with E-state index in [9.17, 15) is 4.79 Å². The number of hydrogen-bond acceptors (Lipinski definition) is 5. The normalized spacial score (nSPS) is 15.1. The summed E-state index contributed by atoms with van der Waals surface area (Å²) in [6.45, 7) is 7.59. The Balaban J connectivity index is 1.47. The number of methoxy groups -OCH3 is 2. The van der Waals surface area contributed by atoms with Gasteiger partial charge in [0.15, 0.2) is 11.5 Å². The van der Waals surface area contributed by atoms with Gasteiger partial charge in [0.05, 0.1) is 20.8 Å². The van der Waals surface area contributed by atoms with E-state index in [-0.39, 0.29) is 11.9 Å². The molecule has 0 saturated carbocycles. The summed E-state index contributed by atoms with van der Waals surface area (Å²) >= 11 is 0. The van der Waals surface area contributed by atoms with Crippen molar-refractivity contribution in [3.8, 4) is 17.2 Å². The largest absolute Gasteiger partial charge is 0.496 e. The number of para-hydroxylation sites is 1. The fourth-order valence-corrected chi connectivity index (χ4v) is 3.89. The van der Waals surface area contributed by atoms with Crippen molar-refractivity contribution in [2.24, 2.45) is 5.92 Å². The second-order valence-corrected chi connectivity index (χ2v) is 8.82. The third kappa shape index (κ3) is 7.53. The fraction of sp³-hybridized carbons (Fsp3) is 0.444. The predicted octanol–water partition coefficient (Wildman–Crippen LogP) is 4.53. The standard InChI is InChI=1S/C27H36N2O4/c1-20(2)19-33-25-11-9-21(17-26(25)32-4)10-12-27(30)28-23-13-15-29(16-14-23)18-22-7-5-6-8-24(22)31-3/h5-12,17,20,23H,13-16,18-19H2,1-4H3,(H,28,30). The smallest absolute Gasteiger partial charge is 0.244 e. The third-order valence-corrected chi connectivity index (χ3v) is 5.71. The summed E-state index contributed by atoms with van der Waals surface area (Å²) in [5, 5.41) is 3.14. The molecule has 0 aromatic heterocycles. The first-order valence-corrected chi connectivity index (χ1v) is 11.6. The number of nitrogens with zero attached hydrogens (tertiary/aromatic N) is 1. The highest BCUT2D eigenvalue weighted by atomic mass is 16.5. The van der Waals surface area contributed by atoms with E-state index >= 15 is 0 Å². The lowest BCUT2D eigenvalue weighted by Crippen LogP contribution is -2.43. The zero-order valence-corrected chi connectivity index (χ0v) is 20.2. The van der Waals surface area contributed by atoms with Crippen molar-refractivity contribution in [2.75, 3.05) is 33.9 Å². The highest BCUT2D eigenvalue weighted by Gasteiger charge is 2.21. The Morgan fingerprint density at radius 2 is 1.79 bits per heavy atom. The summed E-state index contributed by atoms with van der Waals surface area (Å²) in [5.41, 5.74) is 2.09. The van der Waals surface area contributed by atoms with Gasteiger partial charge in [-0.25, -0.2) is 0 Å². The lowest BCUT2D eigenvalue weighted by molar-refractivity contribution is -0.117. The summed E-state index contributed by atoms with van der Waals surface area (Å²) in [7, 11) is 3.33. The van der Waals surface area contributed by atoms with E-state index in [1.54, 1.807) is 26.4 Å². The number of rotatable bonds is 10. The van der Waals surface area contributed by atoms with Crippen LogP contribution >= 0.6 is 0 Å². The van der Waals surface area contributed by atoms with E-state index in [1.807, 2.05) is 36.4 Å². The second-order valence-electron chi connectivity index (χ2n) is 8.82. The van der Waals surface area contributed by atoms with Crippen LogP contribution in [-0.4, -0.2) is 50.8 Å². The van der Waals surface area contributed by atoms with Crippen LogP contribution in [0.3, 0.4) is 0 Å². The molecule has 33 heavy (non-hydrogen) atoms. The van der Waals surface area contributed by atoms with Crippen LogP contribution in [0.25, 0.3) is 6.08 Å². The maximum absolute atomic E-state index is 12.5. The molecule has 0 aliphatic carbocycles. The van der Waals surface area contributed by atoms with E-state index in [1.165, 1.54) is 5.56 Å². The number of amides is 1. The lowest BCUT2D eigenvalue weighted by Gasteiger charge is -2.32. The zero-order valence-electron chi connectivity index (χ0n) is 20.2. The third-order valence-electron chi connectivity index (χ3n) is 5.71. The second kappa shape index (κ2) is 12.3. The van der Waals surface area contributed by atoms with Crippen molar-refractivity contribution in [2.45, 2.75) is 39.3 Å². The molecule has 1 aliphatic rings. The Hall–Kier alpha value is -2.99. The van der Waals surface area contributed by atoms with Crippen LogP contribution in [0.5, 0.6) is 17.2 Å². The van der Waals surface area contributed by atoms with Crippen molar-refractivity contribution < 1.29 is 19.0 Å². The average Bonchev–Trinajstić information content (AvgIpc) is 2.83. The molecular weight excluding hydrogens is 416 g/mol. The van der Waals surface area contributed by atoms with Crippen LogP contribution in [-0.2, 0) is 11.3 Å². The summed E-state index contributed by atoms with van der Waals surface area (Å²) < 4.78 is 16.7. The van der Waals surface area contributed by atoms with Crippen LogP contribution in [0.4, 0.5) is 0 Å². The van der Waals surface area contributed by atoms with Crippen LogP contribution in [0, 0.1) is 5.92 Å². The first-order chi connectivity index (χ1) is 16.0. The van der Waals surface area contributed by atoms with Crippen LogP contribution in [0.2, 0.25) is 0 Å². The molecule has 2 aromatic rings. The number of carbonyl (C=O) groups excluding carboxylic acids is 1. The Labute approximate surface area is 197 Å². The van der Waals surface area contributed by atoms with E-state index in [4.69, 9.17) is 14.2 Å². The maximum atomic E-state index is 12.5. The van der Waals surface area contributed by atoms with Gasteiger partial charge in [-0.1, -0.05) is 38.1 Å². The number of carbonyl (C=O) groups is 1. The molecule has 6 heteroatoms. The van der Waals surface area contributed by atoms with Gasteiger partial charge in [-0.15, -0.1) is 0 Å². The maximum Gasteiger partial charge on any atom is 0.244 e. The number of ether oxygens (including phenoxy) is 3. The zero-order chi connectivity index (χ0) is 23.6. The van der Waals surface area contributed by atoms with E-state index < -0.39 is 0 Å². The molecule has 0 atom stereocenters. The van der Waals surface area contributed by atoms with E-state index in [0.717, 1.165) is 43.8 Å². The minimum absolute atomic E-state index is 0.0720. The molecule has 1 aliphatic heterocycles. The number of hydrogen-bond donors (Lipinski definition) is 1. The molecule has 3 rings (SSSR count). The summed E-state index contributed by atoms with van der Waals surface area (Å²) in [6, 6.07) is 14.0. The molecule has 1 fully saturated rings. The molecule has 0 unspecified atom stereocenters. The van der Waals surface area contributed by atoms with Crippen LogP contribution in [0.1, 0.15) is 37.8 Å². The van der Waals surface area contributed by atoms with Crippen molar-refractivity contribution in [1.29, 1.82) is 0 Å². The predicted molar refractivity (Wildman–Crippen MR) is 132 cm³/mol. The number of benzene rings is 2. The highest BCUT2D eigenvalue weighted by Crippen LogP contribution is 2.29. The van der Waals surface area contributed by atoms with Gasteiger partial charge in [0.25, 0.3) is 0 Å². The van der Waals surface area contributed by atoms with Crippen molar-refractivity contribution in [3.05, 3.63) is 59.7 Å². The topological polar surface area (TPSA) is 60.0 Å². The van der Waals surface area contributed by atoms with Crippen LogP contribution in [0.15, 0.2) is 48.5 Å². The molecular formula is C27H36N2O4. The Morgan fingerprint density at radius 3 is 2.48 bits per heavy atom. The van der Waals surface area contributed by atoms with Gasteiger partial charge in [0.2, 0.25) is 5.91 Å². The molecule has 1 N–H and O–H groups in total. The molecule has 1 heterocycles. The molecule has 1 amide bonds. The van der Waals surface area contributed by atoms with Crippen molar-refractivity contribution in [1.82, 2.24) is 10.2 Å². The first-order valence-electron chi connectivity index (χ1n) is 11.6. The first kappa shape index (κ1) is 24.6. The minimum Gasteiger partial charge on any atom is -0.496 e. The number of nitrogens with one attached hydrogen (secondary N) is 1. The Kier molecular flexibility index (Phi) is 9.19. The van der Waals surface area contributed by atoms with Crippen molar-refractivity contribution >= 4 is 12.0 Å². The molecule has 1 saturated heterocycles. The van der Waals surface area contributed by atoms with Gasteiger partial charge in [0, 0.05) is 37.3 Å². The quantitative estimate of drug-likeness (QED) is 0.537. The van der Waals surface area contributed by atoms with Crippen LogP contribution < -0.4 is 19.5 Å². The van der Waals surface area contributed by atoms with E-state index in [2.05, 4.69) is 30.1 Å². The Bertz CT molecular complexity index is 933. The van der Waals surface area contributed by atoms with Gasteiger partial charge in [0.1, 0.15) is 5.75 Å². The monoisotopic (exact) mass is 452 g/mol. The van der Waals surface area contributed by atoms with Gasteiger partial charge in [-0.2, -0.15) is 0 Å². The SMILES string of the molecule is COc1ccccc1CN1CCC(NC(=O)C=Cc2ccc(OCC(C)C)c(OC)c2)CC1. The lowest BCUT2D eigenvalue weighted by atomic mass is 10.0. The molecule has 2 aromatic carbocycles. The summed E-state index contributed by atoms with van der Waals surface area (Å²) in [6.07, 6.45) is 5.26. The van der Waals surface area contributed by atoms with Crippen molar-refractivity contribution in [3.63, 3.8) is 0 Å². The average molecular weight is 453 g/mol. The highest BCUT2D eigenvalue weighted by molar-refractivity contribution is 5.92. The number of piperidine rings is 1. The number of likely N-dealkylation sites (tertiary alicyclic amines) is 1. The van der Waals surface area contributed by atoms with Gasteiger partial charge in [-0.05, 0) is 48.6 Å². The molecule has 0 radical (unpaired) electrons. The van der Waals surface area contributed by atoms with E-state index in [0.29, 0.717) is 24.0 Å². The molecule has 0 spiro atoms. The summed E-state index contributed by atoms with van der Waals surface area (Å²) in [4.78, 5) is 14.9. The minimum atomic E-state index is -0.0720. The fourth-order valence-electron chi connectivity index (χ4n) is 3.89. The van der Waals surface area contributed by atoms with Gasteiger partial charge in [-0.3, -0.25) is 9.69 Å².